The summed E-state index contributed by atoms with van der Waals surface area (Å²) in [6.45, 7) is 5.95. The van der Waals surface area contributed by atoms with Crippen molar-refractivity contribution in [2.75, 3.05) is 6.61 Å². The molecule has 0 spiro atoms. The van der Waals surface area contributed by atoms with Crippen LogP contribution in [0.25, 0.3) is 11.3 Å². The van der Waals surface area contributed by atoms with Crippen molar-refractivity contribution in [2.24, 2.45) is 0 Å². The molecule has 0 aromatic heterocycles. The van der Waals surface area contributed by atoms with Crippen LogP contribution in [0.2, 0.25) is 0 Å². The molecule has 3 rings (SSSR count). The van der Waals surface area contributed by atoms with Crippen molar-refractivity contribution in [2.45, 2.75) is 18.7 Å². The quantitative estimate of drug-likeness (QED) is 0.741. The Morgan fingerprint density at radius 2 is 1.84 bits per heavy atom. The van der Waals surface area contributed by atoms with Gasteiger partial charge in [0.1, 0.15) is 17.4 Å². The lowest BCUT2D eigenvalue weighted by molar-refractivity contribution is 0.335. The van der Waals surface area contributed by atoms with Crippen molar-refractivity contribution >= 4 is 22.9 Å². The molecule has 0 bridgehead atoms. The predicted octanol–water partition coefficient (Wildman–Crippen LogP) is 5.35. The standard InChI is InChI=1S/C20H18ClF2NO/c1-3-25-14-9-17(22)19(18(23)10-14)20-15(11-16(21)12(2)24-20)13-7-5-4-6-8-13/h4-10,16,24H,2-3,11H2,1H3. The molecule has 2 aromatic rings. The molecule has 2 aromatic carbocycles. The number of nitrogens with one attached hydrogen (secondary N) is 1. The molecule has 0 saturated heterocycles. The largest absolute Gasteiger partial charge is 0.494 e. The lowest BCUT2D eigenvalue weighted by atomic mass is 9.91. The Balaban J connectivity index is 2.19. The minimum Gasteiger partial charge on any atom is -0.494 e. The molecular weight excluding hydrogens is 344 g/mol. The number of allylic oxidation sites excluding steroid dienone is 2. The van der Waals surface area contributed by atoms with Gasteiger partial charge in [0.2, 0.25) is 0 Å². The summed E-state index contributed by atoms with van der Waals surface area (Å²) < 4.78 is 34.6. The van der Waals surface area contributed by atoms with Crippen LogP contribution in [0.1, 0.15) is 24.5 Å². The fourth-order valence-corrected chi connectivity index (χ4v) is 3.08. The van der Waals surface area contributed by atoms with Gasteiger partial charge < -0.3 is 10.1 Å². The first-order chi connectivity index (χ1) is 12.0. The van der Waals surface area contributed by atoms with Gasteiger partial charge in [0.15, 0.2) is 0 Å². The number of alkyl halides is 1. The van der Waals surface area contributed by atoms with Crippen LogP contribution in [0.3, 0.4) is 0 Å². The van der Waals surface area contributed by atoms with E-state index < -0.39 is 11.6 Å². The lowest BCUT2D eigenvalue weighted by Gasteiger charge is -2.28. The Hall–Kier alpha value is -2.33. The van der Waals surface area contributed by atoms with Crippen LogP contribution < -0.4 is 10.1 Å². The van der Waals surface area contributed by atoms with Crippen LogP contribution in [0.4, 0.5) is 8.78 Å². The van der Waals surface area contributed by atoms with Crippen LogP contribution in [-0.2, 0) is 0 Å². The molecule has 0 aliphatic carbocycles. The maximum Gasteiger partial charge on any atom is 0.139 e. The summed E-state index contributed by atoms with van der Waals surface area (Å²) in [7, 11) is 0. The monoisotopic (exact) mass is 361 g/mol. The number of rotatable bonds is 4. The van der Waals surface area contributed by atoms with Crippen molar-refractivity contribution in [3.63, 3.8) is 0 Å². The molecule has 1 N–H and O–H groups in total. The average Bonchev–Trinajstić information content (AvgIpc) is 2.58. The molecule has 25 heavy (non-hydrogen) atoms. The molecule has 0 amide bonds. The van der Waals surface area contributed by atoms with Crippen LogP contribution in [-0.4, -0.2) is 12.0 Å². The van der Waals surface area contributed by atoms with Crippen molar-refractivity contribution in [1.29, 1.82) is 0 Å². The molecule has 2 nitrogen and oxygen atoms in total. The van der Waals surface area contributed by atoms with Crippen molar-refractivity contribution in [3.05, 3.63) is 77.5 Å². The highest BCUT2D eigenvalue weighted by molar-refractivity contribution is 6.23. The van der Waals surface area contributed by atoms with Crippen molar-refractivity contribution in [3.8, 4) is 5.75 Å². The second kappa shape index (κ2) is 7.28. The minimum atomic E-state index is -0.694. The summed E-state index contributed by atoms with van der Waals surface area (Å²) in [6, 6.07) is 11.8. The Morgan fingerprint density at radius 1 is 1.20 bits per heavy atom. The molecule has 1 aliphatic heterocycles. The summed E-state index contributed by atoms with van der Waals surface area (Å²) in [5.41, 5.74) is 2.34. The molecule has 1 heterocycles. The SMILES string of the molecule is C=C1NC(c2c(F)cc(OCC)cc2F)=C(c2ccccc2)CC1Cl. The predicted molar refractivity (Wildman–Crippen MR) is 97.3 cm³/mol. The number of hydrogen-bond donors (Lipinski definition) is 1. The zero-order valence-electron chi connectivity index (χ0n) is 13.8. The van der Waals surface area contributed by atoms with E-state index in [-0.39, 0.29) is 16.7 Å². The van der Waals surface area contributed by atoms with E-state index in [0.717, 1.165) is 11.1 Å². The lowest BCUT2D eigenvalue weighted by Crippen LogP contribution is -2.26. The van der Waals surface area contributed by atoms with Gasteiger partial charge in [-0.25, -0.2) is 8.78 Å². The fourth-order valence-electron chi connectivity index (χ4n) is 2.87. The maximum atomic E-state index is 14.7. The van der Waals surface area contributed by atoms with Crippen LogP contribution in [0, 0.1) is 11.6 Å². The Labute approximate surface area is 150 Å². The highest BCUT2D eigenvalue weighted by Crippen LogP contribution is 2.38. The van der Waals surface area contributed by atoms with E-state index in [9.17, 15) is 8.78 Å². The number of benzene rings is 2. The molecule has 130 valence electrons. The first-order valence-corrected chi connectivity index (χ1v) is 8.45. The summed E-state index contributed by atoms with van der Waals surface area (Å²) >= 11 is 6.31. The van der Waals surface area contributed by atoms with Gasteiger partial charge in [0, 0.05) is 17.8 Å². The van der Waals surface area contributed by atoms with E-state index in [1.165, 1.54) is 12.1 Å². The zero-order chi connectivity index (χ0) is 18.0. The van der Waals surface area contributed by atoms with E-state index in [2.05, 4.69) is 11.9 Å². The molecule has 1 atom stereocenters. The summed E-state index contributed by atoms with van der Waals surface area (Å²) in [5.74, 6) is -1.23. The van der Waals surface area contributed by atoms with E-state index in [1.807, 2.05) is 30.3 Å². The Kier molecular flexibility index (Phi) is 5.09. The van der Waals surface area contributed by atoms with Crippen LogP contribution in [0.15, 0.2) is 54.7 Å². The van der Waals surface area contributed by atoms with Gasteiger partial charge in [0.25, 0.3) is 0 Å². The van der Waals surface area contributed by atoms with Gasteiger partial charge in [-0.15, -0.1) is 11.6 Å². The van der Waals surface area contributed by atoms with Gasteiger partial charge >= 0.3 is 0 Å². The summed E-state index contributed by atoms with van der Waals surface area (Å²) in [5, 5.41) is 2.64. The third-order valence-electron chi connectivity index (χ3n) is 4.05. The number of hydrogen-bond acceptors (Lipinski definition) is 2. The van der Waals surface area contributed by atoms with E-state index >= 15 is 0 Å². The topological polar surface area (TPSA) is 21.3 Å². The fraction of sp³-hybridized carbons (Fsp3) is 0.200. The number of ether oxygens (including phenoxy) is 1. The molecule has 1 aliphatic rings. The first-order valence-electron chi connectivity index (χ1n) is 8.02. The normalized spacial score (nSPS) is 17.4. The molecular formula is C20H18ClF2NO. The highest BCUT2D eigenvalue weighted by atomic mass is 35.5. The minimum absolute atomic E-state index is 0.132. The highest BCUT2D eigenvalue weighted by Gasteiger charge is 2.28. The summed E-state index contributed by atoms with van der Waals surface area (Å²) in [4.78, 5) is 0. The van der Waals surface area contributed by atoms with Gasteiger partial charge in [-0.1, -0.05) is 36.9 Å². The second-order valence-electron chi connectivity index (χ2n) is 5.74. The van der Waals surface area contributed by atoms with E-state index in [4.69, 9.17) is 16.3 Å². The third kappa shape index (κ3) is 3.54. The summed E-state index contributed by atoms with van der Waals surface area (Å²) in [6.07, 6.45) is 0.429. The number of halogens is 3. The average molecular weight is 362 g/mol. The van der Waals surface area contributed by atoms with Gasteiger partial charge in [0.05, 0.1) is 23.2 Å². The molecule has 1 unspecified atom stereocenters. The van der Waals surface area contributed by atoms with Gasteiger partial charge in [-0.2, -0.15) is 0 Å². The van der Waals surface area contributed by atoms with E-state index in [1.54, 1.807) is 6.92 Å². The van der Waals surface area contributed by atoms with E-state index in [0.29, 0.717) is 24.4 Å². The second-order valence-corrected chi connectivity index (χ2v) is 6.26. The van der Waals surface area contributed by atoms with Crippen molar-refractivity contribution in [1.82, 2.24) is 5.32 Å². The smallest absolute Gasteiger partial charge is 0.139 e. The molecule has 5 heteroatoms. The molecule has 0 fully saturated rings. The van der Waals surface area contributed by atoms with Crippen molar-refractivity contribution < 1.29 is 13.5 Å². The zero-order valence-corrected chi connectivity index (χ0v) is 14.5. The van der Waals surface area contributed by atoms with Gasteiger partial charge in [-0.05, 0) is 24.5 Å². The molecule has 0 radical (unpaired) electrons. The Morgan fingerprint density at radius 3 is 2.44 bits per heavy atom. The first kappa shape index (κ1) is 17.5. The van der Waals surface area contributed by atoms with Gasteiger partial charge in [-0.3, -0.25) is 0 Å². The van der Waals surface area contributed by atoms with Crippen LogP contribution >= 0.6 is 11.6 Å². The maximum absolute atomic E-state index is 14.7. The third-order valence-corrected chi connectivity index (χ3v) is 4.47. The Bertz CT molecular complexity index is 810. The van der Waals surface area contributed by atoms with Crippen LogP contribution in [0.5, 0.6) is 5.75 Å². The molecule has 0 saturated carbocycles.